The van der Waals surface area contributed by atoms with Crippen molar-refractivity contribution in [1.82, 2.24) is 4.98 Å². The van der Waals surface area contributed by atoms with E-state index in [9.17, 15) is 0 Å². The van der Waals surface area contributed by atoms with Crippen molar-refractivity contribution in [2.45, 2.75) is 13.5 Å². The van der Waals surface area contributed by atoms with Crippen LogP contribution < -0.4 is 10.1 Å². The third kappa shape index (κ3) is 3.13. The summed E-state index contributed by atoms with van der Waals surface area (Å²) in [6.45, 7) is 2.78. The molecule has 0 saturated carbocycles. The number of rotatable bonds is 4. The predicted octanol–water partition coefficient (Wildman–Crippen LogP) is 5.32. The van der Waals surface area contributed by atoms with Gasteiger partial charge in [-0.15, -0.1) is 0 Å². The van der Waals surface area contributed by atoms with Crippen molar-refractivity contribution in [3.63, 3.8) is 0 Å². The fraction of sp³-hybridized carbons (Fsp3) is 0.136. The van der Waals surface area contributed by atoms with Crippen LogP contribution in [0.4, 0.5) is 5.69 Å². The minimum Gasteiger partial charge on any atom is -0.497 e. The summed E-state index contributed by atoms with van der Waals surface area (Å²) in [4.78, 5) is 4.61. The van der Waals surface area contributed by atoms with Crippen LogP contribution in [0.5, 0.6) is 5.75 Å². The zero-order valence-corrected chi connectivity index (χ0v) is 14.4. The number of benzene rings is 3. The van der Waals surface area contributed by atoms with Crippen LogP contribution in [0.3, 0.4) is 0 Å². The van der Waals surface area contributed by atoms with Gasteiger partial charge in [-0.2, -0.15) is 0 Å². The number of hydrogen-bond donors (Lipinski definition) is 1. The quantitative estimate of drug-likeness (QED) is 0.551. The lowest BCUT2D eigenvalue weighted by atomic mass is 10.1. The van der Waals surface area contributed by atoms with Crippen molar-refractivity contribution < 1.29 is 4.74 Å². The topological polar surface area (TPSA) is 34.1 Å². The molecule has 0 aliphatic carbocycles. The number of ether oxygens (including phenoxy) is 1. The molecule has 1 aromatic heterocycles. The molecule has 25 heavy (non-hydrogen) atoms. The second kappa shape index (κ2) is 6.44. The lowest BCUT2D eigenvalue weighted by molar-refractivity contribution is 0.415. The van der Waals surface area contributed by atoms with E-state index < -0.39 is 0 Å². The van der Waals surface area contributed by atoms with Gasteiger partial charge < -0.3 is 10.1 Å². The molecule has 1 heterocycles. The van der Waals surface area contributed by atoms with Gasteiger partial charge in [0.25, 0.3) is 0 Å². The Morgan fingerprint density at radius 1 is 0.920 bits per heavy atom. The van der Waals surface area contributed by atoms with E-state index >= 15 is 0 Å². The lowest BCUT2D eigenvalue weighted by Gasteiger charge is -2.12. The summed E-state index contributed by atoms with van der Waals surface area (Å²) in [7, 11) is 1.69. The van der Waals surface area contributed by atoms with Crippen molar-refractivity contribution in [3.8, 4) is 5.75 Å². The molecule has 0 aliphatic rings. The molecule has 124 valence electrons. The summed E-state index contributed by atoms with van der Waals surface area (Å²) in [5, 5.41) is 7.17. The van der Waals surface area contributed by atoms with E-state index in [2.05, 4.69) is 58.8 Å². The van der Waals surface area contributed by atoms with Crippen LogP contribution in [-0.2, 0) is 6.54 Å². The second-order valence-corrected chi connectivity index (χ2v) is 6.23. The van der Waals surface area contributed by atoms with Crippen LogP contribution in [0.1, 0.15) is 11.3 Å². The van der Waals surface area contributed by atoms with Gasteiger partial charge in [-0.3, -0.25) is 4.98 Å². The van der Waals surface area contributed by atoms with Crippen molar-refractivity contribution >= 4 is 27.4 Å². The fourth-order valence-electron chi connectivity index (χ4n) is 3.16. The third-order valence-electron chi connectivity index (χ3n) is 4.44. The van der Waals surface area contributed by atoms with Crippen molar-refractivity contribution in [1.29, 1.82) is 0 Å². The van der Waals surface area contributed by atoms with Crippen LogP contribution in [0.25, 0.3) is 21.7 Å². The van der Waals surface area contributed by atoms with Crippen LogP contribution in [0.15, 0.2) is 66.7 Å². The number of aromatic nitrogens is 1. The number of aryl methyl sites for hydroxylation is 1. The number of anilines is 1. The zero-order valence-electron chi connectivity index (χ0n) is 14.4. The van der Waals surface area contributed by atoms with E-state index in [0.717, 1.165) is 34.6 Å². The van der Waals surface area contributed by atoms with Gasteiger partial charge in [0.1, 0.15) is 5.75 Å². The van der Waals surface area contributed by atoms with Gasteiger partial charge >= 0.3 is 0 Å². The molecule has 4 aromatic rings. The van der Waals surface area contributed by atoms with Crippen LogP contribution in [0, 0.1) is 6.92 Å². The summed E-state index contributed by atoms with van der Waals surface area (Å²) in [5.74, 6) is 0.840. The Balaban J connectivity index is 1.67. The highest BCUT2D eigenvalue weighted by Crippen LogP contribution is 2.28. The van der Waals surface area contributed by atoms with Crippen molar-refractivity contribution in [2.75, 3.05) is 12.4 Å². The molecule has 3 heteroatoms. The minimum atomic E-state index is 0.764. The van der Waals surface area contributed by atoms with E-state index in [0.29, 0.717) is 0 Å². The maximum Gasteiger partial charge on any atom is 0.119 e. The molecule has 0 atom stereocenters. The Hall–Kier alpha value is -3.07. The van der Waals surface area contributed by atoms with Gasteiger partial charge in [0.2, 0.25) is 0 Å². The Morgan fingerprint density at radius 3 is 2.60 bits per heavy atom. The third-order valence-corrected chi connectivity index (χ3v) is 4.44. The van der Waals surface area contributed by atoms with E-state index in [1.807, 2.05) is 25.1 Å². The minimum absolute atomic E-state index is 0.764. The predicted molar refractivity (Wildman–Crippen MR) is 104 cm³/mol. The molecule has 4 rings (SSSR count). The van der Waals surface area contributed by atoms with Gasteiger partial charge in [-0.1, -0.05) is 36.4 Å². The molecule has 0 radical (unpaired) electrons. The summed E-state index contributed by atoms with van der Waals surface area (Å²) in [6, 6.07) is 23.1. The molecule has 0 aliphatic heterocycles. The number of methoxy groups -OCH3 is 1. The highest BCUT2D eigenvalue weighted by molar-refractivity contribution is 5.92. The SMILES string of the molecule is COc1ccc2nc(C)cc(NCc3ccc4ccccc4c3)c2c1. The van der Waals surface area contributed by atoms with Crippen LogP contribution in [-0.4, -0.2) is 12.1 Å². The van der Waals surface area contributed by atoms with E-state index in [-0.39, 0.29) is 0 Å². The molecule has 0 saturated heterocycles. The Labute approximate surface area is 147 Å². The van der Waals surface area contributed by atoms with Gasteiger partial charge in [0.15, 0.2) is 0 Å². The molecular weight excluding hydrogens is 308 g/mol. The first kappa shape index (κ1) is 15.5. The summed E-state index contributed by atoms with van der Waals surface area (Å²) >= 11 is 0. The normalized spacial score (nSPS) is 11.0. The Kier molecular flexibility index (Phi) is 3.98. The average molecular weight is 328 g/mol. The van der Waals surface area contributed by atoms with E-state index in [1.54, 1.807) is 7.11 Å². The first-order valence-corrected chi connectivity index (χ1v) is 8.40. The molecule has 0 bridgehead atoms. The summed E-state index contributed by atoms with van der Waals surface area (Å²) in [6.07, 6.45) is 0. The second-order valence-electron chi connectivity index (χ2n) is 6.23. The molecule has 3 nitrogen and oxygen atoms in total. The van der Waals surface area contributed by atoms with Crippen LogP contribution in [0.2, 0.25) is 0 Å². The Bertz CT molecular complexity index is 1060. The number of pyridine rings is 1. The maximum absolute atomic E-state index is 5.36. The molecular formula is C22H20N2O. The first-order valence-electron chi connectivity index (χ1n) is 8.40. The van der Waals surface area contributed by atoms with E-state index in [1.165, 1.54) is 16.3 Å². The van der Waals surface area contributed by atoms with Gasteiger partial charge in [-0.05, 0) is 53.6 Å². The smallest absolute Gasteiger partial charge is 0.119 e. The zero-order chi connectivity index (χ0) is 17.2. The highest BCUT2D eigenvalue weighted by atomic mass is 16.5. The lowest BCUT2D eigenvalue weighted by Crippen LogP contribution is -2.01. The Morgan fingerprint density at radius 2 is 1.76 bits per heavy atom. The maximum atomic E-state index is 5.36. The summed E-state index contributed by atoms with van der Waals surface area (Å²) in [5.41, 5.74) is 4.30. The number of nitrogens with one attached hydrogen (secondary N) is 1. The number of hydrogen-bond acceptors (Lipinski definition) is 3. The molecule has 0 spiro atoms. The highest BCUT2D eigenvalue weighted by Gasteiger charge is 2.06. The molecule has 1 N–H and O–H groups in total. The fourth-order valence-corrected chi connectivity index (χ4v) is 3.16. The average Bonchev–Trinajstić information content (AvgIpc) is 2.65. The first-order chi connectivity index (χ1) is 12.2. The molecule has 0 unspecified atom stereocenters. The summed E-state index contributed by atoms with van der Waals surface area (Å²) < 4.78 is 5.36. The van der Waals surface area contributed by atoms with Crippen molar-refractivity contribution in [2.24, 2.45) is 0 Å². The van der Waals surface area contributed by atoms with E-state index in [4.69, 9.17) is 4.74 Å². The monoisotopic (exact) mass is 328 g/mol. The molecule has 3 aromatic carbocycles. The van der Waals surface area contributed by atoms with Crippen LogP contribution >= 0.6 is 0 Å². The standard InChI is InChI=1S/C22H20N2O/c1-15-11-22(20-13-19(25-2)9-10-21(20)24-15)23-14-16-7-8-17-5-3-4-6-18(17)12-16/h3-13H,14H2,1-2H3,(H,23,24). The van der Waals surface area contributed by atoms with Crippen molar-refractivity contribution in [3.05, 3.63) is 78.0 Å². The number of nitrogens with zero attached hydrogens (tertiary/aromatic N) is 1. The number of fused-ring (bicyclic) bond motifs is 2. The molecule has 0 amide bonds. The van der Waals surface area contributed by atoms with Gasteiger partial charge in [0.05, 0.1) is 12.6 Å². The molecule has 0 fully saturated rings. The van der Waals surface area contributed by atoms with Gasteiger partial charge in [-0.25, -0.2) is 0 Å². The largest absolute Gasteiger partial charge is 0.497 e. The van der Waals surface area contributed by atoms with Gasteiger partial charge in [0, 0.05) is 23.3 Å².